The largest absolute Gasteiger partial charge is 0.364 e. The minimum atomic E-state index is -0.527. The van der Waals surface area contributed by atoms with Gasteiger partial charge in [-0.2, -0.15) is 0 Å². The lowest BCUT2D eigenvalue weighted by atomic mass is 10.1. The molecule has 19 heavy (non-hydrogen) atoms. The molecule has 1 rings (SSSR count). The molecule has 0 atom stereocenters. The van der Waals surface area contributed by atoms with Gasteiger partial charge in [0.2, 0.25) is 0 Å². The lowest BCUT2D eigenvalue weighted by Crippen LogP contribution is -2.33. The van der Waals surface area contributed by atoms with Crippen LogP contribution in [0.4, 0.5) is 14.5 Å². The molecule has 0 unspecified atom stereocenters. The molecule has 0 spiro atoms. The second-order valence-corrected chi connectivity index (χ2v) is 5.30. The summed E-state index contributed by atoms with van der Waals surface area (Å²) in [6, 6.07) is 2.70. The Bertz CT molecular complexity index is 384. The Labute approximate surface area is 119 Å². The van der Waals surface area contributed by atoms with E-state index in [1.54, 1.807) is 4.90 Å². The topological polar surface area (TPSA) is 3.24 Å². The van der Waals surface area contributed by atoms with Crippen molar-refractivity contribution in [3.63, 3.8) is 0 Å². The lowest BCUT2D eigenvalue weighted by molar-refractivity contribution is 0.544. The molecular weight excluding hydrogens is 268 g/mol. The summed E-state index contributed by atoms with van der Waals surface area (Å²) >= 11 is 5.62. The smallest absolute Gasteiger partial charge is 0.149 e. The second-order valence-electron chi connectivity index (χ2n) is 5.04. The van der Waals surface area contributed by atoms with Crippen molar-refractivity contribution in [2.75, 3.05) is 11.4 Å². The molecule has 1 nitrogen and oxygen atoms in total. The molecule has 0 radical (unpaired) electrons. The van der Waals surface area contributed by atoms with Gasteiger partial charge in [-0.3, -0.25) is 0 Å². The first-order valence-electron chi connectivity index (χ1n) is 6.81. The summed E-state index contributed by atoms with van der Waals surface area (Å²) in [5.41, 5.74) is 0.539. The van der Waals surface area contributed by atoms with Gasteiger partial charge in [0.05, 0.1) is 0 Å². The molecule has 0 N–H and O–H groups in total. The van der Waals surface area contributed by atoms with E-state index in [2.05, 4.69) is 6.92 Å². The van der Waals surface area contributed by atoms with E-state index in [0.29, 0.717) is 12.1 Å². The van der Waals surface area contributed by atoms with E-state index in [4.69, 9.17) is 11.6 Å². The van der Waals surface area contributed by atoms with Crippen LogP contribution in [0.15, 0.2) is 12.1 Å². The van der Waals surface area contributed by atoms with Crippen molar-refractivity contribution in [1.29, 1.82) is 0 Å². The molecule has 0 aliphatic heterocycles. The number of hydrogen-bond acceptors (Lipinski definition) is 1. The maximum Gasteiger partial charge on any atom is 0.149 e. The highest BCUT2D eigenvalue weighted by Gasteiger charge is 2.19. The minimum absolute atomic E-state index is 0.0581. The van der Waals surface area contributed by atoms with Crippen LogP contribution in [0.5, 0.6) is 0 Å². The SMILES string of the molecule is CCCCCN(c1c(F)cc(CCl)cc1F)C(C)C. The molecule has 0 aliphatic carbocycles. The highest BCUT2D eigenvalue weighted by molar-refractivity contribution is 6.17. The summed E-state index contributed by atoms with van der Waals surface area (Å²) in [6.07, 6.45) is 3.08. The quantitative estimate of drug-likeness (QED) is 0.498. The van der Waals surface area contributed by atoms with Crippen LogP contribution in [0.1, 0.15) is 45.6 Å². The summed E-state index contributed by atoms with van der Waals surface area (Å²) in [4.78, 5) is 1.79. The fourth-order valence-corrected chi connectivity index (χ4v) is 2.28. The molecule has 0 amide bonds. The first-order valence-corrected chi connectivity index (χ1v) is 7.35. The summed E-state index contributed by atoms with van der Waals surface area (Å²) in [7, 11) is 0. The monoisotopic (exact) mass is 289 g/mol. The van der Waals surface area contributed by atoms with Gasteiger partial charge in [0.1, 0.15) is 17.3 Å². The Hall–Kier alpha value is -0.830. The molecule has 0 saturated carbocycles. The van der Waals surface area contributed by atoms with E-state index in [-0.39, 0.29) is 17.6 Å². The molecule has 4 heteroatoms. The normalized spacial score (nSPS) is 11.1. The summed E-state index contributed by atoms with van der Waals surface area (Å²) in [5, 5.41) is 0. The third kappa shape index (κ3) is 4.34. The number of benzene rings is 1. The Kier molecular flexibility index (Phi) is 6.56. The van der Waals surface area contributed by atoms with Crippen LogP contribution in [0, 0.1) is 11.6 Å². The number of anilines is 1. The van der Waals surface area contributed by atoms with Crippen LogP contribution in [0.2, 0.25) is 0 Å². The molecule has 108 valence electrons. The predicted molar refractivity (Wildman–Crippen MR) is 77.9 cm³/mol. The molecular formula is C15H22ClF2N. The van der Waals surface area contributed by atoms with E-state index >= 15 is 0 Å². The molecule has 0 fully saturated rings. The van der Waals surface area contributed by atoms with Crippen molar-refractivity contribution < 1.29 is 8.78 Å². The number of unbranched alkanes of at least 4 members (excludes halogenated alkanes) is 2. The molecule has 0 heterocycles. The Morgan fingerprint density at radius 2 is 1.74 bits per heavy atom. The van der Waals surface area contributed by atoms with Gasteiger partial charge in [0.25, 0.3) is 0 Å². The van der Waals surface area contributed by atoms with Gasteiger partial charge in [0, 0.05) is 18.5 Å². The number of halogens is 3. The van der Waals surface area contributed by atoms with Crippen LogP contribution >= 0.6 is 11.6 Å². The Morgan fingerprint density at radius 1 is 1.16 bits per heavy atom. The van der Waals surface area contributed by atoms with Crippen molar-refractivity contribution in [2.45, 2.75) is 52.0 Å². The number of nitrogens with zero attached hydrogens (tertiary/aromatic N) is 1. The summed E-state index contributed by atoms with van der Waals surface area (Å²) < 4.78 is 28.2. The van der Waals surface area contributed by atoms with Crippen molar-refractivity contribution in [2.24, 2.45) is 0 Å². The van der Waals surface area contributed by atoms with Gasteiger partial charge < -0.3 is 4.90 Å². The van der Waals surface area contributed by atoms with E-state index in [0.717, 1.165) is 19.3 Å². The molecule has 1 aromatic rings. The average Bonchev–Trinajstić information content (AvgIpc) is 2.35. The van der Waals surface area contributed by atoms with E-state index < -0.39 is 11.6 Å². The van der Waals surface area contributed by atoms with Gasteiger partial charge >= 0.3 is 0 Å². The van der Waals surface area contributed by atoms with Crippen LogP contribution in [-0.2, 0) is 5.88 Å². The fraction of sp³-hybridized carbons (Fsp3) is 0.600. The summed E-state index contributed by atoms with van der Waals surface area (Å²) in [6.45, 7) is 6.66. The zero-order chi connectivity index (χ0) is 14.4. The van der Waals surface area contributed by atoms with Gasteiger partial charge in [-0.05, 0) is 38.0 Å². The number of rotatable bonds is 7. The molecule has 1 aromatic carbocycles. The molecule has 0 aliphatic rings. The van der Waals surface area contributed by atoms with Gasteiger partial charge in [-0.25, -0.2) is 8.78 Å². The van der Waals surface area contributed by atoms with E-state index in [9.17, 15) is 8.78 Å². The van der Waals surface area contributed by atoms with Crippen LogP contribution < -0.4 is 4.90 Å². The molecule has 0 aromatic heterocycles. The average molecular weight is 290 g/mol. The van der Waals surface area contributed by atoms with Crippen molar-refractivity contribution in [3.05, 3.63) is 29.3 Å². The Balaban J connectivity index is 3.01. The summed E-state index contributed by atoms with van der Waals surface area (Å²) in [5.74, 6) is -0.937. The van der Waals surface area contributed by atoms with Gasteiger partial charge in [-0.1, -0.05) is 19.8 Å². The van der Waals surface area contributed by atoms with Gasteiger partial charge in [0.15, 0.2) is 0 Å². The van der Waals surface area contributed by atoms with Crippen molar-refractivity contribution >= 4 is 17.3 Å². The first-order chi connectivity index (χ1) is 9.01. The Morgan fingerprint density at radius 3 is 2.16 bits per heavy atom. The third-order valence-electron chi connectivity index (χ3n) is 3.14. The van der Waals surface area contributed by atoms with E-state index in [1.807, 2.05) is 13.8 Å². The maximum absolute atomic E-state index is 14.1. The van der Waals surface area contributed by atoms with Crippen molar-refractivity contribution in [3.8, 4) is 0 Å². The maximum atomic E-state index is 14.1. The minimum Gasteiger partial charge on any atom is -0.364 e. The van der Waals surface area contributed by atoms with Crippen molar-refractivity contribution in [1.82, 2.24) is 0 Å². The second kappa shape index (κ2) is 7.68. The first kappa shape index (κ1) is 16.2. The lowest BCUT2D eigenvalue weighted by Gasteiger charge is -2.30. The van der Waals surface area contributed by atoms with E-state index in [1.165, 1.54) is 12.1 Å². The highest BCUT2D eigenvalue weighted by atomic mass is 35.5. The zero-order valence-corrected chi connectivity index (χ0v) is 12.6. The highest BCUT2D eigenvalue weighted by Crippen LogP contribution is 2.27. The van der Waals surface area contributed by atoms with Crippen LogP contribution in [-0.4, -0.2) is 12.6 Å². The fourth-order valence-electron chi connectivity index (χ4n) is 2.13. The molecule has 0 saturated heterocycles. The number of alkyl halides is 1. The standard InChI is InChI=1S/C15H22ClF2N/c1-4-5-6-7-19(11(2)3)15-13(17)8-12(10-16)9-14(15)18/h8-9,11H,4-7,10H2,1-3H3. The van der Waals surface area contributed by atoms with Gasteiger partial charge in [-0.15, -0.1) is 11.6 Å². The number of hydrogen-bond donors (Lipinski definition) is 0. The third-order valence-corrected chi connectivity index (χ3v) is 3.45. The zero-order valence-electron chi connectivity index (χ0n) is 11.8. The predicted octanol–water partition coefficient (Wildman–Crippen LogP) is 5.11. The van der Waals surface area contributed by atoms with Crippen LogP contribution in [0.25, 0.3) is 0 Å². The van der Waals surface area contributed by atoms with Crippen LogP contribution in [0.3, 0.4) is 0 Å². The molecule has 0 bridgehead atoms.